The van der Waals surface area contributed by atoms with Crippen LogP contribution in [0.15, 0.2) is 47.9 Å². The van der Waals surface area contributed by atoms with Crippen molar-refractivity contribution in [3.63, 3.8) is 0 Å². The first-order valence-corrected chi connectivity index (χ1v) is 13.4. The molecule has 2 nitrogen and oxygen atoms in total. The zero-order valence-electron chi connectivity index (χ0n) is 21.2. The molecule has 0 aromatic heterocycles. The van der Waals surface area contributed by atoms with Gasteiger partial charge in [-0.1, -0.05) is 83.6 Å². The summed E-state index contributed by atoms with van der Waals surface area (Å²) in [5.74, 6) is 1.62. The molecular formula is C30H44N2. The van der Waals surface area contributed by atoms with Gasteiger partial charge in [0.15, 0.2) is 0 Å². The molecule has 0 bridgehead atoms. The maximum atomic E-state index is 2.73. The number of benzene rings is 1. The molecule has 1 aromatic rings. The van der Waals surface area contributed by atoms with E-state index < -0.39 is 0 Å². The molecule has 0 spiro atoms. The van der Waals surface area contributed by atoms with Crippen LogP contribution in [0.25, 0.3) is 0 Å². The van der Waals surface area contributed by atoms with E-state index >= 15 is 0 Å². The smallest absolute Gasteiger partial charge is 0.115 e. The van der Waals surface area contributed by atoms with Crippen LogP contribution in [0.1, 0.15) is 97.5 Å². The predicted molar refractivity (Wildman–Crippen MR) is 136 cm³/mol. The second kappa shape index (κ2) is 8.26. The molecule has 2 saturated carbocycles. The highest BCUT2D eigenvalue weighted by Crippen LogP contribution is 2.62. The zero-order valence-corrected chi connectivity index (χ0v) is 21.2. The quantitative estimate of drug-likeness (QED) is 0.473. The lowest BCUT2D eigenvalue weighted by Crippen LogP contribution is -2.48. The summed E-state index contributed by atoms with van der Waals surface area (Å²) in [4.78, 5) is 5.43. The van der Waals surface area contributed by atoms with Crippen molar-refractivity contribution >= 4 is 5.69 Å². The number of nitrogens with zero attached hydrogens (tertiary/aromatic N) is 2. The molecule has 32 heavy (non-hydrogen) atoms. The molecule has 1 atom stereocenters. The fraction of sp³-hybridized carbons (Fsp3) is 0.667. The van der Waals surface area contributed by atoms with E-state index in [9.17, 15) is 0 Å². The lowest BCUT2D eigenvalue weighted by Gasteiger charge is -2.48. The molecule has 0 saturated heterocycles. The van der Waals surface area contributed by atoms with Crippen molar-refractivity contribution in [1.29, 1.82) is 0 Å². The van der Waals surface area contributed by atoms with Crippen molar-refractivity contribution in [3.05, 3.63) is 53.5 Å². The summed E-state index contributed by atoms with van der Waals surface area (Å²) >= 11 is 0. The third-order valence-electron chi connectivity index (χ3n) is 9.10. The number of rotatable bonds is 3. The van der Waals surface area contributed by atoms with E-state index in [0.717, 1.165) is 11.8 Å². The lowest BCUT2D eigenvalue weighted by atomic mass is 9.57. The van der Waals surface area contributed by atoms with Gasteiger partial charge in [0.25, 0.3) is 0 Å². The highest BCUT2D eigenvalue weighted by molar-refractivity contribution is 5.63. The molecule has 0 amide bonds. The molecule has 2 fully saturated rings. The largest absolute Gasteiger partial charge is 0.328 e. The van der Waals surface area contributed by atoms with E-state index in [-0.39, 0.29) is 10.8 Å². The Balaban J connectivity index is 1.68. The summed E-state index contributed by atoms with van der Waals surface area (Å²) in [7, 11) is 0. The second-order valence-corrected chi connectivity index (χ2v) is 12.2. The molecule has 0 N–H and O–H groups in total. The van der Waals surface area contributed by atoms with Crippen LogP contribution in [0.2, 0.25) is 0 Å². The number of anilines is 1. The molecule has 2 aliphatic carbocycles. The normalized spacial score (nSPS) is 26.8. The van der Waals surface area contributed by atoms with Gasteiger partial charge in [-0.15, -0.1) is 0 Å². The fourth-order valence-corrected chi connectivity index (χ4v) is 7.81. The third kappa shape index (κ3) is 3.35. The Morgan fingerprint density at radius 3 is 1.91 bits per heavy atom. The summed E-state index contributed by atoms with van der Waals surface area (Å²) in [6.45, 7) is 12.0. The van der Waals surface area contributed by atoms with Gasteiger partial charge in [-0.05, 0) is 63.0 Å². The molecule has 4 aliphatic rings. The summed E-state index contributed by atoms with van der Waals surface area (Å²) in [5.41, 5.74) is 6.34. The van der Waals surface area contributed by atoms with Gasteiger partial charge in [0, 0.05) is 34.1 Å². The van der Waals surface area contributed by atoms with Crippen LogP contribution >= 0.6 is 0 Å². The summed E-state index contributed by atoms with van der Waals surface area (Å²) in [6, 6.07) is 9.02. The summed E-state index contributed by atoms with van der Waals surface area (Å²) < 4.78 is 0. The van der Waals surface area contributed by atoms with Crippen LogP contribution in [0, 0.1) is 29.6 Å². The van der Waals surface area contributed by atoms with E-state index in [1.165, 1.54) is 81.2 Å². The van der Waals surface area contributed by atoms with Gasteiger partial charge in [-0.3, -0.25) is 0 Å². The number of aryl methyl sites for hydroxylation is 1. The minimum absolute atomic E-state index is 0.144. The highest BCUT2D eigenvalue weighted by atomic mass is 15.4. The minimum Gasteiger partial charge on any atom is -0.328 e. The van der Waals surface area contributed by atoms with Gasteiger partial charge < -0.3 is 9.80 Å². The van der Waals surface area contributed by atoms with Gasteiger partial charge in [-0.25, -0.2) is 0 Å². The van der Waals surface area contributed by atoms with Crippen LogP contribution in [0.3, 0.4) is 0 Å². The standard InChI is InChI=1S/C30H44N2/c1-22-14-12-13-19-26(22)32-23(2)27-30(24-15-8-6-9-16-24,25-17-10-7-11-18-25)20-21-31(27)28(32)29(3,4)5/h12-14,19-21,24-25,28H,6-11,15-18H2,1-5H3. The molecule has 0 radical (unpaired) electrons. The van der Waals surface area contributed by atoms with Crippen molar-refractivity contribution in [2.75, 3.05) is 4.90 Å². The Labute approximate surface area is 196 Å². The van der Waals surface area contributed by atoms with Gasteiger partial charge in [0.05, 0.1) is 0 Å². The minimum atomic E-state index is 0.144. The molecule has 1 unspecified atom stereocenters. The predicted octanol–water partition coefficient (Wildman–Crippen LogP) is 8.40. The van der Waals surface area contributed by atoms with Crippen LogP contribution in [-0.2, 0) is 0 Å². The van der Waals surface area contributed by atoms with E-state index in [4.69, 9.17) is 0 Å². The first-order chi connectivity index (χ1) is 15.4. The number of hydrogen-bond donors (Lipinski definition) is 0. The Kier molecular flexibility index (Phi) is 5.71. The molecule has 5 rings (SSSR count). The molecule has 2 aliphatic heterocycles. The molecule has 174 valence electrons. The average molecular weight is 433 g/mol. The van der Waals surface area contributed by atoms with Gasteiger partial charge >= 0.3 is 0 Å². The third-order valence-corrected chi connectivity index (χ3v) is 9.10. The van der Waals surface area contributed by atoms with E-state index in [1.54, 1.807) is 5.70 Å². The average Bonchev–Trinajstić information content (AvgIpc) is 3.32. The zero-order chi connectivity index (χ0) is 22.5. The van der Waals surface area contributed by atoms with Crippen LogP contribution in [0.5, 0.6) is 0 Å². The second-order valence-electron chi connectivity index (χ2n) is 12.2. The van der Waals surface area contributed by atoms with E-state index in [0.29, 0.717) is 6.17 Å². The Morgan fingerprint density at radius 2 is 1.38 bits per heavy atom. The van der Waals surface area contributed by atoms with Crippen LogP contribution in [0.4, 0.5) is 5.69 Å². The first-order valence-electron chi connectivity index (χ1n) is 13.4. The highest BCUT2D eigenvalue weighted by Gasteiger charge is 2.57. The number of hydrogen-bond acceptors (Lipinski definition) is 2. The number of para-hydroxylation sites is 1. The Morgan fingerprint density at radius 1 is 0.812 bits per heavy atom. The van der Waals surface area contributed by atoms with Crippen molar-refractivity contribution in [2.24, 2.45) is 22.7 Å². The monoisotopic (exact) mass is 432 g/mol. The van der Waals surface area contributed by atoms with Crippen LogP contribution in [-0.4, -0.2) is 11.1 Å². The summed E-state index contributed by atoms with van der Waals surface area (Å²) in [6.07, 6.45) is 19.8. The number of allylic oxidation sites excluding steroid dienone is 2. The van der Waals surface area contributed by atoms with Crippen molar-refractivity contribution in [1.82, 2.24) is 4.90 Å². The summed E-state index contributed by atoms with van der Waals surface area (Å²) in [5, 5.41) is 0. The van der Waals surface area contributed by atoms with Crippen LogP contribution < -0.4 is 4.90 Å². The van der Waals surface area contributed by atoms with Gasteiger partial charge in [-0.2, -0.15) is 0 Å². The molecule has 2 heteroatoms. The molecular weight excluding hydrogens is 388 g/mol. The van der Waals surface area contributed by atoms with E-state index in [1.807, 2.05) is 0 Å². The van der Waals surface area contributed by atoms with Gasteiger partial charge in [0.2, 0.25) is 0 Å². The van der Waals surface area contributed by atoms with Crippen molar-refractivity contribution in [2.45, 2.75) is 105 Å². The molecule has 2 heterocycles. The topological polar surface area (TPSA) is 6.48 Å². The Bertz CT molecular complexity index is 872. The number of fused-ring (bicyclic) bond motifs is 1. The van der Waals surface area contributed by atoms with E-state index in [2.05, 4.69) is 81.0 Å². The maximum absolute atomic E-state index is 2.73. The van der Waals surface area contributed by atoms with Crippen molar-refractivity contribution in [3.8, 4) is 0 Å². The van der Waals surface area contributed by atoms with Gasteiger partial charge in [0.1, 0.15) is 6.17 Å². The SMILES string of the molecule is CC1=C2N(C=CC2(C2CCCCC2)C2CCCCC2)C(C(C)(C)C)N1c1ccccc1C. The first kappa shape index (κ1) is 22.1. The Hall–Kier alpha value is -1.70. The molecule has 1 aromatic carbocycles. The van der Waals surface area contributed by atoms with Crippen molar-refractivity contribution < 1.29 is 0 Å². The fourth-order valence-electron chi connectivity index (χ4n) is 7.81. The lowest BCUT2D eigenvalue weighted by molar-refractivity contribution is 0.0837. The maximum Gasteiger partial charge on any atom is 0.115 e.